The van der Waals surface area contributed by atoms with Crippen LogP contribution in [0.1, 0.15) is 6.92 Å². The third-order valence-electron chi connectivity index (χ3n) is 2.15. The van der Waals surface area contributed by atoms with Gasteiger partial charge in [-0.25, -0.2) is 13.6 Å². The molecule has 8 heteroatoms. The summed E-state index contributed by atoms with van der Waals surface area (Å²) in [5, 5.41) is 12.6. The van der Waals surface area contributed by atoms with Crippen LogP contribution >= 0.6 is 0 Å². The number of methoxy groups -OCH3 is 1. The van der Waals surface area contributed by atoms with Crippen molar-refractivity contribution in [1.29, 1.82) is 0 Å². The van der Waals surface area contributed by atoms with E-state index in [-0.39, 0.29) is 0 Å². The minimum atomic E-state index is -1.16. The first-order chi connectivity index (χ1) is 8.36. The number of ether oxygens (including phenoxy) is 1. The normalized spacial score (nSPS) is 11.8. The molecular weight excluding hydrogens is 250 g/mol. The Kier molecular flexibility index (Phi) is 4.13. The average molecular weight is 260 g/mol. The zero-order chi connectivity index (χ0) is 13.9. The zero-order valence-corrected chi connectivity index (χ0v) is 9.57. The van der Waals surface area contributed by atoms with E-state index in [1.54, 1.807) is 0 Å². The van der Waals surface area contributed by atoms with Crippen LogP contribution in [0, 0.1) is 21.7 Å². The van der Waals surface area contributed by atoms with Gasteiger partial charge < -0.3 is 10.1 Å². The molecule has 0 heterocycles. The van der Waals surface area contributed by atoms with E-state index in [2.05, 4.69) is 10.1 Å². The molecule has 0 radical (unpaired) electrons. The summed E-state index contributed by atoms with van der Waals surface area (Å²) in [5.41, 5.74) is -1.32. The first kappa shape index (κ1) is 13.8. The lowest BCUT2D eigenvalue weighted by atomic mass is 10.2. The van der Waals surface area contributed by atoms with Gasteiger partial charge in [-0.2, -0.15) is 0 Å². The number of hydrogen-bond donors (Lipinski definition) is 1. The van der Waals surface area contributed by atoms with Crippen molar-refractivity contribution in [1.82, 2.24) is 0 Å². The highest BCUT2D eigenvalue weighted by Gasteiger charge is 2.21. The molecule has 0 amide bonds. The van der Waals surface area contributed by atoms with Crippen molar-refractivity contribution in [2.45, 2.75) is 13.0 Å². The van der Waals surface area contributed by atoms with Crippen LogP contribution in [0.5, 0.6) is 0 Å². The molecule has 1 aromatic carbocycles. The number of hydrogen-bond acceptors (Lipinski definition) is 5. The fourth-order valence-electron chi connectivity index (χ4n) is 1.26. The Bertz CT molecular complexity index is 470. The van der Waals surface area contributed by atoms with Crippen LogP contribution in [0.4, 0.5) is 20.2 Å². The number of benzene rings is 1. The smallest absolute Gasteiger partial charge is 0.327 e. The molecule has 0 aliphatic carbocycles. The van der Waals surface area contributed by atoms with Gasteiger partial charge in [0.25, 0.3) is 5.69 Å². The van der Waals surface area contributed by atoms with E-state index in [9.17, 15) is 23.7 Å². The summed E-state index contributed by atoms with van der Waals surface area (Å²) in [6.07, 6.45) is 0. The minimum absolute atomic E-state index is 0.565. The molecule has 1 atom stereocenters. The number of anilines is 1. The van der Waals surface area contributed by atoms with Gasteiger partial charge >= 0.3 is 5.97 Å². The van der Waals surface area contributed by atoms with E-state index in [1.807, 2.05) is 0 Å². The fourth-order valence-corrected chi connectivity index (χ4v) is 1.26. The molecule has 1 N–H and O–H groups in total. The molecule has 0 saturated heterocycles. The standard InChI is InChI=1S/C10H10F2N2O4/c1-5(10(15)18-2)13-9-7(11)3-6(14(16)17)4-8(9)12/h3-5,13H,1-2H3. The predicted molar refractivity (Wildman–Crippen MR) is 58.1 cm³/mol. The van der Waals surface area contributed by atoms with Gasteiger partial charge in [0.1, 0.15) is 11.7 Å². The van der Waals surface area contributed by atoms with Crippen molar-refractivity contribution in [3.63, 3.8) is 0 Å². The first-order valence-corrected chi connectivity index (χ1v) is 4.84. The van der Waals surface area contributed by atoms with Crippen LogP contribution in [0.25, 0.3) is 0 Å². The van der Waals surface area contributed by atoms with E-state index in [0.717, 1.165) is 7.11 Å². The molecule has 0 aromatic heterocycles. The molecule has 6 nitrogen and oxygen atoms in total. The molecule has 0 spiro atoms. The van der Waals surface area contributed by atoms with Gasteiger partial charge in [0.15, 0.2) is 11.6 Å². The van der Waals surface area contributed by atoms with Crippen molar-refractivity contribution in [3.8, 4) is 0 Å². The Morgan fingerprint density at radius 1 is 1.44 bits per heavy atom. The van der Waals surface area contributed by atoms with Crippen molar-refractivity contribution >= 4 is 17.3 Å². The summed E-state index contributed by atoms with van der Waals surface area (Å²) in [6, 6.07) is 0.144. The topological polar surface area (TPSA) is 81.5 Å². The molecule has 0 saturated carbocycles. The van der Waals surface area contributed by atoms with Gasteiger partial charge in [-0.05, 0) is 6.92 Å². The molecular formula is C10H10F2N2O4. The SMILES string of the molecule is COC(=O)C(C)Nc1c(F)cc([N+](=O)[O-])cc1F. The Morgan fingerprint density at radius 3 is 2.33 bits per heavy atom. The largest absolute Gasteiger partial charge is 0.467 e. The number of carbonyl (C=O) groups excluding carboxylic acids is 1. The number of nitrogens with zero attached hydrogens (tertiary/aromatic N) is 1. The highest BCUT2D eigenvalue weighted by Crippen LogP contribution is 2.25. The Balaban J connectivity index is 3.04. The molecule has 1 rings (SSSR count). The maximum absolute atomic E-state index is 13.4. The van der Waals surface area contributed by atoms with Crippen molar-refractivity contribution in [2.75, 3.05) is 12.4 Å². The first-order valence-electron chi connectivity index (χ1n) is 4.84. The number of nitro groups is 1. The number of nitro benzene ring substituents is 1. The molecule has 18 heavy (non-hydrogen) atoms. The quantitative estimate of drug-likeness (QED) is 0.507. The van der Waals surface area contributed by atoms with Gasteiger partial charge in [-0.3, -0.25) is 10.1 Å². The molecule has 0 bridgehead atoms. The Labute approximate surface area is 101 Å². The summed E-state index contributed by atoms with van der Waals surface area (Å²) >= 11 is 0. The lowest BCUT2D eigenvalue weighted by Crippen LogP contribution is -2.28. The van der Waals surface area contributed by atoms with Gasteiger partial charge in [0.2, 0.25) is 0 Å². The lowest BCUT2D eigenvalue weighted by Gasteiger charge is -2.13. The van der Waals surface area contributed by atoms with Crippen LogP contribution in [-0.2, 0) is 9.53 Å². The van der Waals surface area contributed by atoms with Crippen LogP contribution in [0.2, 0.25) is 0 Å². The molecule has 98 valence electrons. The van der Waals surface area contributed by atoms with E-state index < -0.39 is 39.9 Å². The number of rotatable bonds is 4. The predicted octanol–water partition coefficient (Wildman–Crippen LogP) is 1.85. The van der Waals surface area contributed by atoms with Gasteiger partial charge in [-0.1, -0.05) is 0 Å². The Morgan fingerprint density at radius 2 is 1.94 bits per heavy atom. The highest BCUT2D eigenvalue weighted by molar-refractivity contribution is 5.78. The second kappa shape index (κ2) is 5.39. The van der Waals surface area contributed by atoms with E-state index in [4.69, 9.17) is 0 Å². The van der Waals surface area contributed by atoms with Crippen molar-refractivity contribution in [2.24, 2.45) is 0 Å². The fraction of sp³-hybridized carbons (Fsp3) is 0.300. The van der Waals surface area contributed by atoms with Gasteiger partial charge in [0, 0.05) is 0 Å². The molecule has 0 aliphatic rings. The number of nitrogens with one attached hydrogen (secondary N) is 1. The van der Waals surface area contributed by atoms with E-state index in [0.29, 0.717) is 12.1 Å². The van der Waals surface area contributed by atoms with Crippen LogP contribution in [0.3, 0.4) is 0 Å². The summed E-state index contributed by atoms with van der Waals surface area (Å²) in [7, 11) is 1.13. The van der Waals surface area contributed by atoms with E-state index in [1.165, 1.54) is 6.92 Å². The third kappa shape index (κ3) is 2.90. The lowest BCUT2D eigenvalue weighted by molar-refractivity contribution is -0.385. The summed E-state index contributed by atoms with van der Waals surface area (Å²) < 4.78 is 31.3. The van der Waals surface area contributed by atoms with Crippen LogP contribution < -0.4 is 5.32 Å². The summed E-state index contributed by atoms with van der Waals surface area (Å²) in [4.78, 5) is 20.5. The molecule has 1 unspecified atom stereocenters. The molecule has 0 aliphatic heterocycles. The number of non-ortho nitro benzene ring substituents is 1. The summed E-state index contributed by atoms with van der Waals surface area (Å²) in [6.45, 7) is 1.34. The number of halogens is 2. The van der Waals surface area contributed by atoms with Crippen molar-refractivity contribution < 1.29 is 23.2 Å². The van der Waals surface area contributed by atoms with Crippen molar-refractivity contribution in [3.05, 3.63) is 33.9 Å². The highest BCUT2D eigenvalue weighted by atomic mass is 19.1. The second-order valence-electron chi connectivity index (χ2n) is 3.43. The van der Waals surface area contributed by atoms with Crippen LogP contribution in [-0.4, -0.2) is 24.0 Å². The maximum atomic E-state index is 13.4. The third-order valence-corrected chi connectivity index (χ3v) is 2.15. The second-order valence-corrected chi connectivity index (χ2v) is 3.43. The maximum Gasteiger partial charge on any atom is 0.327 e. The zero-order valence-electron chi connectivity index (χ0n) is 9.57. The number of carbonyl (C=O) groups is 1. The number of esters is 1. The average Bonchev–Trinajstić information content (AvgIpc) is 2.31. The van der Waals surface area contributed by atoms with Crippen LogP contribution in [0.15, 0.2) is 12.1 Å². The van der Waals surface area contributed by atoms with Gasteiger partial charge in [0.05, 0.1) is 24.2 Å². The van der Waals surface area contributed by atoms with E-state index >= 15 is 0 Å². The molecule has 1 aromatic rings. The van der Waals surface area contributed by atoms with Gasteiger partial charge in [-0.15, -0.1) is 0 Å². The Hall–Kier alpha value is -2.25. The monoisotopic (exact) mass is 260 g/mol. The minimum Gasteiger partial charge on any atom is -0.467 e. The molecule has 0 fully saturated rings. The summed E-state index contributed by atoms with van der Waals surface area (Å²) in [5.74, 6) is -3.03.